The fraction of sp³-hybridized carbons (Fsp3) is 0.400. The van der Waals surface area contributed by atoms with E-state index in [9.17, 15) is 0 Å². The Bertz CT molecular complexity index is 42.4. The molecule has 28 valence electrons. The third-order valence-electron chi connectivity index (χ3n) is 0.322. The van der Waals surface area contributed by atoms with Gasteiger partial charge in [-0.15, -0.1) is 0 Å². The smallest absolute Gasteiger partial charge is 0.345 e. The maximum Gasteiger partial charge on any atom is 1.00 e. The number of rotatable bonds is 1. The van der Waals surface area contributed by atoms with Crippen molar-refractivity contribution in [1.82, 2.24) is 0 Å². The maximum absolute atomic E-state index is 4.83. The van der Waals surface area contributed by atoms with Gasteiger partial charge in [0.05, 0.1) is 0 Å². The third-order valence-corrected chi connectivity index (χ3v) is 0.322. The van der Waals surface area contributed by atoms with Crippen LogP contribution in [0.3, 0.4) is 0 Å². The normalized spacial score (nSPS) is 4.67. The third kappa shape index (κ3) is 8.98. The van der Waals surface area contributed by atoms with Crippen molar-refractivity contribution in [2.45, 2.75) is 13.3 Å². The molecular weight excluding hydrogens is 67.0 g/mol. The predicted octanol–water partition coefficient (Wildman–Crippen LogP) is -1.76. The predicted molar refractivity (Wildman–Crippen MR) is 23.4 cm³/mol. The van der Waals surface area contributed by atoms with Crippen LogP contribution >= 0.6 is 0 Å². The molecule has 0 saturated carbocycles. The molecule has 0 bridgehead atoms. The van der Waals surface area contributed by atoms with Gasteiger partial charge >= 0.3 is 18.9 Å². The molecule has 0 aliphatic heterocycles. The molecule has 0 amide bonds. The van der Waals surface area contributed by atoms with Gasteiger partial charge in [0.2, 0.25) is 0 Å². The topological polar surface area (TPSA) is 0 Å². The molecule has 0 heterocycles. The van der Waals surface area contributed by atoms with Crippen molar-refractivity contribution in [2.75, 3.05) is 0 Å². The summed E-state index contributed by atoms with van der Waals surface area (Å²) in [5, 5.41) is 0. The fourth-order valence-electron chi connectivity index (χ4n) is 0.118. The van der Waals surface area contributed by atoms with Gasteiger partial charge in [0.1, 0.15) is 0 Å². The van der Waals surface area contributed by atoms with Gasteiger partial charge in [-0.3, -0.25) is 5.92 Å². The van der Waals surface area contributed by atoms with Gasteiger partial charge in [0, 0.05) is 0 Å². The quantitative estimate of drug-likeness (QED) is 0.196. The minimum absolute atomic E-state index is 0. The van der Waals surface area contributed by atoms with E-state index in [4.69, 9.17) is 6.42 Å². The van der Waals surface area contributed by atoms with Gasteiger partial charge in [-0.25, -0.2) is 0 Å². The van der Waals surface area contributed by atoms with Gasteiger partial charge in [-0.2, -0.15) is 6.42 Å². The summed E-state index contributed by atoms with van der Waals surface area (Å²) in [4.78, 5) is 0. The molecule has 0 N–H and O–H groups in total. The van der Waals surface area contributed by atoms with Crippen molar-refractivity contribution in [3.8, 4) is 12.3 Å². The summed E-state index contributed by atoms with van der Waals surface area (Å²) < 4.78 is 0. The summed E-state index contributed by atoms with van der Waals surface area (Å²) in [5.41, 5.74) is 0. The number of terminal acetylenes is 1. The first-order chi connectivity index (χ1) is 2.41. The van der Waals surface area contributed by atoms with Crippen molar-refractivity contribution in [2.24, 2.45) is 0 Å². The average molecular weight is 74.1 g/mol. The zero-order valence-electron chi connectivity index (χ0n) is 4.36. The average Bonchev–Trinajstić information content (AvgIpc) is 1.41. The molecule has 0 aromatic rings. The van der Waals surface area contributed by atoms with Crippen LogP contribution in [-0.4, -0.2) is 0 Å². The minimum atomic E-state index is 0. The molecule has 0 unspecified atom stereocenters. The van der Waals surface area contributed by atoms with E-state index in [2.05, 4.69) is 5.92 Å². The van der Waals surface area contributed by atoms with Crippen molar-refractivity contribution in [3.63, 3.8) is 0 Å². The van der Waals surface area contributed by atoms with E-state index in [-0.39, 0.29) is 18.9 Å². The molecule has 0 aromatic heterocycles. The second-order valence-corrected chi connectivity index (χ2v) is 0.779. The Kier molecular flexibility index (Phi) is 13.9. The maximum atomic E-state index is 4.83. The van der Waals surface area contributed by atoms with Crippen LogP contribution in [0.4, 0.5) is 0 Å². The van der Waals surface area contributed by atoms with Gasteiger partial charge < -0.3 is 6.42 Å². The van der Waals surface area contributed by atoms with Crippen molar-refractivity contribution in [1.29, 1.82) is 0 Å². The van der Waals surface area contributed by atoms with Crippen LogP contribution in [0.5, 0.6) is 0 Å². The van der Waals surface area contributed by atoms with Crippen molar-refractivity contribution in [3.05, 3.63) is 6.42 Å². The fourth-order valence-corrected chi connectivity index (χ4v) is 0.118. The van der Waals surface area contributed by atoms with E-state index in [1.54, 1.807) is 6.42 Å². The van der Waals surface area contributed by atoms with Crippen LogP contribution in [0, 0.1) is 18.8 Å². The van der Waals surface area contributed by atoms with E-state index in [1.165, 1.54) is 0 Å². The van der Waals surface area contributed by atoms with Crippen LogP contribution < -0.4 is 18.9 Å². The molecule has 0 atom stereocenters. The zero-order valence-corrected chi connectivity index (χ0v) is 4.36. The van der Waals surface area contributed by atoms with Crippen LogP contribution in [0.15, 0.2) is 0 Å². The summed E-state index contributed by atoms with van der Waals surface area (Å²) in [6, 6.07) is 0. The Hall–Kier alpha value is 0.0274. The monoisotopic (exact) mass is 74.1 g/mol. The molecule has 0 nitrogen and oxygen atoms in total. The standard InChI is InChI=1S/C5H7.Li/c1-3-5-4-2;/h1,5H,4H2,2H3;/q-1;+1. The van der Waals surface area contributed by atoms with Gasteiger partial charge in [0.15, 0.2) is 0 Å². The largest absolute Gasteiger partial charge is 1.00 e. The Labute approximate surface area is 51.5 Å². The molecule has 0 spiro atoms. The van der Waals surface area contributed by atoms with E-state index < -0.39 is 0 Å². The Morgan fingerprint density at radius 1 is 1.83 bits per heavy atom. The van der Waals surface area contributed by atoms with Crippen LogP contribution in [0.2, 0.25) is 0 Å². The molecule has 0 radical (unpaired) electrons. The molecule has 0 rings (SSSR count). The first-order valence-corrected chi connectivity index (χ1v) is 1.69. The SMILES string of the molecule is C#C[CH-]CC.[Li+]. The Morgan fingerprint density at radius 2 is 2.33 bits per heavy atom. The number of hydrogen-bond acceptors (Lipinski definition) is 0. The van der Waals surface area contributed by atoms with Crippen LogP contribution in [-0.2, 0) is 0 Å². The zero-order chi connectivity index (χ0) is 4.12. The summed E-state index contributed by atoms with van der Waals surface area (Å²) in [6.07, 6.45) is 7.59. The van der Waals surface area contributed by atoms with Gasteiger partial charge in [-0.1, -0.05) is 13.3 Å². The molecule has 0 aliphatic carbocycles. The summed E-state index contributed by atoms with van der Waals surface area (Å²) >= 11 is 0. The number of unbranched alkanes of at least 4 members (excludes halogenated alkanes) is 1. The summed E-state index contributed by atoms with van der Waals surface area (Å²) in [7, 11) is 0. The van der Waals surface area contributed by atoms with Crippen molar-refractivity contribution >= 4 is 0 Å². The molecule has 0 fully saturated rings. The molecule has 1 heteroatoms. The van der Waals surface area contributed by atoms with E-state index >= 15 is 0 Å². The summed E-state index contributed by atoms with van der Waals surface area (Å²) in [6.45, 7) is 2.01. The first-order valence-electron chi connectivity index (χ1n) is 1.69. The van der Waals surface area contributed by atoms with Gasteiger partial charge in [-0.05, 0) is 0 Å². The first kappa shape index (κ1) is 9.39. The minimum Gasteiger partial charge on any atom is -0.345 e. The second-order valence-electron chi connectivity index (χ2n) is 0.779. The van der Waals surface area contributed by atoms with E-state index in [0.717, 1.165) is 6.42 Å². The Balaban J connectivity index is 0. The molecule has 0 aliphatic rings. The number of hydrogen-bond donors (Lipinski definition) is 0. The molecular formula is C5H7Li. The van der Waals surface area contributed by atoms with Crippen LogP contribution in [0.1, 0.15) is 13.3 Å². The van der Waals surface area contributed by atoms with Crippen molar-refractivity contribution < 1.29 is 18.9 Å². The summed E-state index contributed by atoms with van der Waals surface area (Å²) in [5.74, 6) is 2.39. The second kappa shape index (κ2) is 8.90. The van der Waals surface area contributed by atoms with E-state index in [1.807, 2.05) is 6.92 Å². The Morgan fingerprint density at radius 3 is 2.33 bits per heavy atom. The molecule has 6 heavy (non-hydrogen) atoms. The molecule has 0 saturated heterocycles. The molecule has 0 aromatic carbocycles. The van der Waals surface area contributed by atoms with E-state index in [0.29, 0.717) is 0 Å². The van der Waals surface area contributed by atoms with Crippen LogP contribution in [0.25, 0.3) is 0 Å². The van der Waals surface area contributed by atoms with Gasteiger partial charge in [0.25, 0.3) is 0 Å².